The number of hydrogen-bond acceptors (Lipinski definition) is 2. The molecule has 60 valence electrons. The Morgan fingerprint density at radius 3 is 3.09 bits per heavy atom. The van der Waals surface area contributed by atoms with Crippen molar-refractivity contribution in [1.82, 2.24) is 9.55 Å². The van der Waals surface area contributed by atoms with E-state index in [1.54, 1.807) is 23.3 Å². The minimum Gasteiger partial charge on any atom is -0.337 e. The van der Waals surface area contributed by atoms with Gasteiger partial charge in [0.2, 0.25) is 0 Å². The van der Waals surface area contributed by atoms with Gasteiger partial charge in [0, 0.05) is 25.4 Å². The summed E-state index contributed by atoms with van der Waals surface area (Å²) >= 11 is 0. The summed E-state index contributed by atoms with van der Waals surface area (Å²) < 4.78 is 14.1. The van der Waals surface area contributed by atoms with Crippen LogP contribution < -0.4 is 0 Å². The third-order valence-corrected chi connectivity index (χ3v) is 1.37. The molecule has 0 aliphatic carbocycles. The highest BCUT2D eigenvalue weighted by molar-refractivity contribution is 5.55. The molecule has 11 heavy (non-hydrogen) atoms. The number of alkyl halides is 1. The van der Waals surface area contributed by atoms with Gasteiger partial charge in [0.1, 0.15) is 0 Å². The van der Waals surface area contributed by atoms with Gasteiger partial charge >= 0.3 is 0 Å². The first-order valence-corrected chi connectivity index (χ1v) is 3.38. The van der Waals surface area contributed by atoms with Gasteiger partial charge in [-0.1, -0.05) is 0 Å². The number of rotatable bonds is 4. The van der Waals surface area contributed by atoms with Crippen LogP contribution in [0.15, 0.2) is 18.7 Å². The molecule has 1 unspecified atom stereocenters. The Balaban J connectivity index is 2.28. The van der Waals surface area contributed by atoms with Gasteiger partial charge in [0.15, 0.2) is 12.5 Å². The van der Waals surface area contributed by atoms with Crippen LogP contribution in [0.2, 0.25) is 0 Å². The summed E-state index contributed by atoms with van der Waals surface area (Å²) in [5.41, 5.74) is 0. The number of halogens is 1. The molecule has 1 aromatic rings. The molecule has 0 fully saturated rings. The van der Waals surface area contributed by atoms with E-state index in [1.807, 2.05) is 0 Å². The van der Waals surface area contributed by atoms with E-state index in [0.717, 1.165) is 0 Å². The fraction of sp³-hybridized carbons (Fsp3) is 0.429. The van der Waals surface area contributed by atoms with E-state index in [-0.39, 0.29) is 6.42 Å². The number of nitrogens with zero attached hydrogens (tertiary/aromatic N) is 2. The number of carbonyl (C=O) groups is 1. The number of carbonyl (C=O) groups excluding carboxylic acids is 1. The van der Waals surface area contributed by atoms with Gasteiger partial charge in [-0.05, 0) is 0 Å². The maximum atomic E-state index is 12.3. The lowest BCUT2D eigenvalue weighted by molar-refractivity contribution is -0.112. The van der Waals surface area contributed by atoms with Gasteiger partial charge in [0.25, 0.3) is 0 Å². The summed E-state index contributed by atoms with van der Waals surface area (Å²) in [7, 11) is 0. The van der Waals surface area contributed by atoms with E-state index in [0.29, 0.717) is 12.8 Å². The molecule has 0 aliphatic rings. The van der Waals surface area contributed by atoms with Gasteiger partial charge < -0.3 is 9.36 Å². The van der Waals surface area contributed by atoms with Crippen molar-refractivity contribution in [2.24, 2.45) is 0 Å². The lowest BCUT2D eigenvalue weighted by Gasteiger charge is -2.00. The molecule has 4 heteroatoms. The number of imidazole rings is 1. The molecule has 0 N–H and O–H groups in total. The highest BCUT2D eigenvalue weighted by Crippen LogP contribution is 1.97. The third-order valence-electron chi connectivity index (χ3n) is 1.37. The molecule has 0 bridgehead atoms. The molecule has 0 aromatic carbocycles. The minimum absolute atomic E-state index is 0.222. The number of hydrogen-bond donors (Lipinski definition) is 0. The Labute approximate surface area is 63.9 Å². The largest absolute Gasteiger partial charge is 0.337 e. The average Bonchev–Trinajstić information content (AvgIpc) is 2.52. The van der Waals surface area contributed by atoms with Crippen molar-refractivity contribution in [2.45, 2.75) is 19.1 Å². The van der Waals surface area contributed by atoms with E-state index in [9.17, 15) is 9.18 Å². The van der Waals surface area contributed by atoms with Crippen molar-refractivity contribution < 1.29 is 9.18 Å². The van der Waals surface area contributed by atoms with Crippen LogP contribution in [0.5, 0.6) is 0 Å². The summed E-state index contributed by atoms with van der Waals surface area (Å²) in [6.07, 6.45) is 4.14. The van der Waals surface area contributed by atoms with Crippen molar-refractivity contribution >= 4 is 6.29 Å². The van der Waals surface area contributed by atoms with Crippen molar-refractivity contribution in [2.75, 3.05) is 0 Å². The molecule has 0 amide bonds. The monoisotopic (exact) mass is 156 g/mol. The normalized spacial score (nSPS) is 12.8. The van der Waals surface area contributed by atoms with Gasteiger partial charge in [-0.2, -0.15) is 0 Å². The van der Waals surface area contributed by atoms with E-state index in [2.05, 4.69) is 4.98 Å². The van der Waals surface area contributed by atoms with Crippen LogP contribution >= 0.6 is 0 Å². The van der Waals surface area contributed by atoms with Gasteiger partial charge in [-0.15, -0.1) is 0 Å². The predicted molar refractivity (Wildman–Crippen MR) is 37.8 cm³/mol. The highest BCUT2D eigenvalue weighted by Gasteiger charge is 2.02. The zero-order valence-electron chi connectivity index (χ0n) is 5.98. The second-order valence-electron chi connectivity index (χ2n) is 2.24. The fourth-order valence-electron chi connectivity index (χ4n) is 0.759. The standard InChI is InChI=1S/C7H9FN2O/c8-7(5-11)1-3-10-4-2-9-6-10/h2,4-7H,1,3H2. The van der Waals surface area contributed by atoms with Crippen LogP contribution in [0, 0.1) is 0 Å². The van der Waals surface area contributed by atoms with E-state index >= 15 is 0 Å². The number of aryl methyl sites for hydroxylation is 1. The van der Waals surface area contributed by atoms with Gasteiger partial charge in [-0.3, -0.25) is 0 Å². The second kappa shape index (κ2) is 3.85. The molecule has 0 saturated heterocycles. The molecule has 0 aliphatic heterocycles. The smallest absolute Gasteiger partial charge is 0.157 e. The van der Waals surface area contributed by atoms with Crippen molar-refractivity contribution in [1.29, 1.82) is 0 Å². The predicted octanol–water partition coefficient (Wildman–Crippen LogP) is 0.810. The van der Waals surface area contributed by atoms with Crippen molar-refractivity contribution in [3.8, 4) is 0 Å². The van der Waals surface area contributed by atoms with Crippen molar-refractivity contribution in [3.05, 3.63) is 18.7 Å². The van der Waals surface area contributed by atoms with E-state index in [1.165, 1.54) is 0 Å². The molecular weight excluding hydrogens is 147 g/mol. The molecule has 0 spiro atoms. The Hall–Kier alpha value is -1.19. The van der Waals surface area contributed by atoms with Crippen LogP contribution in [0.4, 0.5) is 4.39 Å². The average molecular weight is 156 g/mol. The first kappa shape index (κ1) is 7.91. The molecule has 1 atom stereocenters. The maximum absolute atomic E-state index is 12.3. The zero-order chi connectivity index (χ0) is 8.10. The van der Waals surface area contributed by atoms with E-state index < -0.39 is 6.17 Å². The highest BCUT2D eigenvalue weighted by atomic mass is 19.1. The van der Waals surface area contributed by atoms with Gasteiger partial charge in [0.05, 0.1) is 6.33 Å². The SMILES string of the molecule is O=CC(F)CCn1ccnc1. The van der Waals surface area contributed by atoms with Gasteiger partial charge in [-0.25, -0.2) is 9.37 Å². The molecule has 1 heterocycles. The van der Waals surface area contributed by atoms with Crippen LogP contribution in [0.1, 0.15) is 6.42 Å². The molecule has 1 rings (SSSR count). The first-order valence-electron chi connectivity index (χ1n) is 3.38. The van der Waals surface area contributed by atoms with Crippen molar-refractivity contribution in [3.63, 3.8) is 0 Å². The number of aromatic nitrogens is 2. The maximum Gasteiger partial charge on any atom is 0.157 e. The summed E-state index contributed by atoms with van der Waals surface area (Å²) in [6.45, 7) is 0.500. The third kappa shape index (κ3) is 2.49. The van der Waals surface area contributed by atoms with E-state index in [4.69, 9.17) is 0 Å². The summed E-state index contributed by atoms with van der Waals surface area (Å²) in [5, 5.41) is 0. The lowest BCUT2D eigenvalue weighted by Crippen LogP contribution is -2.06. The zero-order valence-corrected chi connectivity index (χ0v) is 5.98. The molecule has 0 saturated carbocycles. The Kier molecular flexibility index (Phi) is 2.77. The Bertz CT molecular complexity index is 210. The molecular formula is C7H9FN2O. The Morgan fingerprint density at radius 1 is 1.73 bits per heavy atom. The van der Waals surface area contributed by atoms with Crippen LogP contribution in [-0.4, -0.2) is 22.0 Å². The fourth-order valence-corrected chi connectivity index (χ4v) is 0.759. The van der Waals surface area contributed by atoms with Crippen LogP contribution in [0.25, 0.3) is 0 Å². The summed E-state index contributed by atoms with van der Waals surface area (Å²) in [4.78, 5) is 13.6. The summed E-state index contributed by atoms with van der Waals surface area (Å²) in [6, 6.07) is 0. The number of aldehydes is 1. The van der Waals surface area contributed by atoms with Crippen LogP contribution in [0.3, 0.4) is 0 Å². The molecule has 1 aromatic heterocycles. The lowest BCUT2D eigenvalue weighted by atomic mass is 10.3. The topological polar surface area (TPSA) is 34.9 Å². The summed E-state index contributed by atoms with van der Waals surface area (Å²) in [5.74, 6) is 0. The first-order chi connectivity index (χ1) is 5.33. The minimum atomic E-state index is -1.35. The molecule has 0 radical (unpaired) electrons. The molecule has 3 nitrogen and oxygen atoms in total. The quantitative estimate of drug-likeness (QED) is 0.604. The second-order valence-corrected chi connectivity index (χ2v) is 2.24. The van der Waals surface area contributed by atoms with Crippen LogP contribution in [-0.2, 0) is 11.3 Å². The Morgan fingerprint density at radius 2 is 2.55 bits per heavy atom.